The van der Waals surface area contributed by atoms with Gasteiger partial charge in [-0.3, -0.25) is 9.36 Å². The highest BCUT2D eigenvalue weighted by Gasteiger charge is 2.18. The van der Waals surface area contributed by atoms with Gasteiger partial charge in [-0.2, -0.15) is 10.4 Å². The summed E-state index contributed by atoms with van der Waals surface area (Å²) in [5.74, 6) is 0.339. The molecule has 1 aromatic heterocycles. The van der Waals surface area contributed by atoms with Gasteiger partial charge in [0, 0.05) is 12.1 Å². The maximum Gasteiger partial charge on any atom is 0.281 e. The topological polar surface area (TPSA) is 100.0 Å². The van der Waals surface area contributed by atoms with E-state index in [0.717, 1.165) is 4.57 Å². The van der Waals surface area contributed by atoms with Crippen LogP contribution in [-0.4, -0.2) is 16.8 Å². The second-order valence-electron chi connectivity index (χ2n) is 4.73. The molecular formula is C16H16N4O3. The van der Waals surface area contributed by atoms with Gasteiger partial charge < -0.3 is 9.84 Å². The first-order valence-electron chi connectivity index (χ1n) is 6.95. The van der Waals surface area contributed by atoms with Gasteiger partial charge in [-0.05, 0) is 38.1 Å². The number of methoxy groups -OCH3 is 1. The molecule has 2 aromatic rings. The number of rotatable bonds is 4. The molecule has 0 radical (unpaired) electrons. The Bertz CT molecular complexity index is 846. The van der Waals surface area contributed by atoms with E-state index in [1.54, 1.807) is 45.2 Å². The molecule has 0 aliphatic rings. The van der Waals surface area contributed by atoms with Crippen molar-refractivity contribution in [2.45, 2.75) is 20.4 Å². The molecule has 118 valence electrons. The molecular weight excluding hydrogens is 296 g/mol. The predicted octanol–water partition coefficient (Wildman–Crippen LogP) is 3.18. The first-order chi connectivity index (χ1) is 11.0. The minimum absolute atomic E-state index is 0.0233. The third-order valence-electron chi connectivity index (χ3n) is 3.42. The Morgan fingerprint density at radius 1 is 1.30 bits per heavy atom. The molecule has 0 amide bonds. The van der Waals surface area contributed by atoms with Gasteiger partial charge in [-0.1, -0.05) is 0 Å². The van der Waals surface area contributed by atoms with Crippen LogP contribution in [0.5, 0.6) is 11.6 Å². The normalized spacial score (nSPS) is 10.7. The molecule has 2 rings (SSSR count). The van der Waals surface area contributed by atoms with E-state index in [-0.39, 0.29) is 23.7 Å². The number of nitriles is 1. The van der Waals surface area contributed by atoms with Gasteiger partial charge in [-0.25, -0.2) is 0 Å². The molecule has 1 aromatic carbocycles. The Hall–Kier alpha value is -3.14. The standard InChI is InChI=1S/C16H16N4O3/c1-4-20-15(21)13(9-17)10(2)14(16(20)22)19-18-11-5-7-12(23-3)8-6-11/h5-8,21H,4H2,1-3H3. The van der Waals surface area contributed by atoms with Gasteiger partial charge in [0.1, 0.15) is 17.4 Å². The summed E-state index contributed by atoms with van der Waals surface area (Å²) in [6.07, 6.45) is 0. The van der Waals surface area contributed by atoms with Crippen LogP contribution in [0.4, 0.5) is 11.4 Å². The third kappa shape index (κ3) is 3.06. The fraction of sp³-hybridized carbons (Fsp3) is 0.250. The van der Waals surface area contributed by atoms with Crippen molar-refractivity contribution in [1.29, 1.82) is 5.26 Å². The largest absolute Gasteiger partial charge is 0.497 e. The summed E-state index contributed by atoms with van der Waals surface area (Å²) in [4.78, 5) is 12.4. The molecule has 0 fully saturated rings. The summed E-state index contributed by atoms with van der Waals surface area (Å²) < 4.78 is 6.15. The molecule has 7 nitrogen and oxygen atoms in total. The molecule has 7 heteroatoms. The summed E-state index contributed by atoms with van der Waals surface area (Å²) in [7, 11) is 1.56. The number of azo groups is 1. The van der Waals surface area contributed by atoms with Crippen LogP contribution in [0.3, 0.4) is 0 Å². The molecule has 23 heavy (non-hydrogen) atoms. The van der Waals surface area contributed by atoms with Crippen LogP contribution in [0.1, 0.15) is 18.1 Å². The summed E-state index contributed by atoms with van der Waals surface area (Å²) in [5, 5.41) is 27.1. The summed E-state index contributed by atoms with van der Waals surface area (Å²) in [6.45, 7) is 3.48. The van der Waals surface area contributed by atoms with E-state index in [1.807, 2.05) is 6.07 Å². The fourth-order valence-corrected chi connectivity index (χ4v) is 2.11. The van der Waals surface area contributed by atoms with Crippen LogP contribution in [0, 0.1) is 18.3 Å². The number of aromatic hydroxyl groups is 1. The smallest absolute Gasteiger partial charge is 0.281 e. The number of nitrogens with zero attached hydrogens (tertiary/aromatic N) is 4. The van der Waals surface area contributed by atoms with Crippen LogP contribution in [0.15, 0.2) is 39.3 Å². The molecule has 0 aliphatic heterocycles. The van der Waals surface area contributed by atoms with Crippen molar-refractivity contribution in [3.63, 3.8) is 0 Å². The first kappa shape index (κ1) is 16.2. The number of hydrogen-bond acceptors (Lipinski definition) is 6. The van der Waals surface area contributed by atoms with E-state index in [2.05, 4.69) is 10.2 Å². The Morgan fingerprint density at radius 3 is 2.48 bits per heavy atom. The molecule has 1 heterocycles. The zero-order valence-electron chi connectivity index (χ0n) is 13.1. The molecule has 0 saturated heterocycles. The second-order valence-corrected chi connectivity index (χ2v) is 4.73. The highest BCUT2D eigenvalue weighted by Crippen LogP contribution is 2.27. The lowest BCUT2D eigenvalue weighted by Crippen LogP contribution is -2.20. The molecule has 1 N–H and O–H groups in total. The van der Waals surface area contributed by atoms with E-state index in [4.69, 9.17) is 10.00 Å². The van der Waals surface area contributed by atoms with Crippen molar-refractivity contribution in [3.05, 3.63) is 45.7 Å². The lowest BCUT2D eigenvalue weighted by atomic mass is 10.1. The zero-order chi connectivity index (χ0) is 17.0. The predicted molar refractivity (Wildman–Crippen MR) is 84.7 cm³/mol. The van der Waals surface area contributed by atoms with Gasteiger partial charge in [0.15, 0.2) is 5.69 Å². The zero-order valence-corrected chi connectivity index (χ0v) is 13.1. The highest BCUT2D eigenvalue weighted by molar-refractivity contribution is 5.56. The Kier molecular flexibility index (Phi) is 4.76. The van der Waals surface area contributed by atoms with Crippen molar-refractivity contribution >= 4 is 11.4 Å². The minimum Gasteiger partial charge on any atom is -0.497 e. The monoisotopic (exact) mass is 312 g/mol. The average Bonchev–Trinajstić information content (AvgIpc) is 2.56. The van der Waals surface area contributed by atoms with Crippen LogP contribution >= 0.6 is 0 Å². The maximum absolute atomic E-state index is 12.4. The van der Waals surface area contributed by atoms with Crippen molar-refractivity contribution in [2.75, 3.05) is 7.11 Å². The van der Waals surface area contributed by atoms with Gasteiger partial charge in [0.2, 0.25) is 5.88 Å². The number of pyridine rings is 1. The van der Waals surface area contributed by atoms with Crippen LogP contribution in [0.25, 0.3) is 0 Å². The SMILES string of the molecule is CCn1c(O)c(C#N)c(C)c(N=Nc2ccc(OC)cc2)c1=O. The lowest BCUT2D eigenvalue weighted by molar-refractivity contribution is 0.409. The number of benzene rings is 1. The van der Waals surface area contributed by atoms with Crippen LogP contribution < -0.4 is 10.3 Å². The highest BCUT2D eigenvalue weighted by atomic mass is 16.5. The van der Waals surface area contributed by atoms with Crippen LogP contribution in [-0.2, 0) is 6.54 Å². The maximum atomic E-state index is 12.4. The van der Waals surface area contributed by atoms with Crippen molar-refractivity contribution in [1.82, 2.24) is 4.57 Å². The van der Waals surface area contributed by atoms with Crippen LogP contribution in [0.2, 0.25) is 0 Å². The molecule has 0 saturated carbocycles. The van der Waals surface area contributed by atoms with Crippen molar-refractivity contribution < 1.29 is 9.84 Å². The molecule has 0 atom stereocenters. The lowest BCUT2D eigenvalue weighted by Gasteiger charge is -2.10. The van der Waals surface area contributed by atoms with E-state index in [9.17, 15) is 9.90 Å². The first-order valence-corrected chi connectivity index (χ1v) is 6.95. The Morgan fingerprint density at radius 2 is 1.96 bits per heavy atom. The van der Waals surface area contributed by atoms with Crippen molar-refractivity contribution in [2.24, 2.45) is 10.2 Å². The van der Waals surface area contributed by atoms with Gasteiger partial charge >= 0.3 is 0 Å². The molecule has 0 spiro atoms. The fourth-order valence-electron chi connectivity index (χ4n) is 2.11. The number of aromatic nitrogens is 1. The Labute approximate surface area is 133 Å². The van der Waals surface area contributed by atoms with E-state index < -0.39 is 5.56 Å². The number of ether oxygens (including phenoxy) is 1. The van der Waals surface area contributed by atoms with E-state index in [1.165, 1.54) is 0 Å². The minimum atomic E-state index is -0.487. The summed E-state index contributed by atoms with van der Waals surface area (Å²) in [5.41, 5.74) is 0.419. The second kappa shape index (κ2) is 6.75. The van der Waals surface area contributed by atoms with Crippen molar-refractivity contribution in [3.8, 4) is 17.7 Å². The summed E-state index contributed by atoms with van der Waals surface area (Å²) >= 11 is 0. The third-order valence-corrected chi connectivity index (χ3v) is 3.42. The molecule has 0 aliphatic carbocycles. The number of hydrogen-bond donors (Lipinski definition) is 1. The summed E-state index contributed by atoms with van der Waals surface area (Å²) in [6, 6.07) is 8.73. The Balaban J connectivity index is 2.52. The van der Waals surface area contributed by atoms with Gasteiger partial charge in [0.05, 0.1) is 12.8 Å². The van der Waals surface area contributed by atoms with Gasteiger partial charge in [0.25, 0.3) is 5.56 Å². The molecule has 0 unspecified atom stereocenters. The quantitative estimate of drug-likeness (QED) is 0.876. The van der Waals surface area contributed by atoms with E-state index >= 15 is 0 Å². The van der Waals surface area contributed by atoms with Gasteiger partial charge in [-0.15, -0.1) is 5.11 Å². The average molecular weight is 312 g/mol. The molecule has 0 bridgehead atoms. The van der Waals surface area contributed by atoms with E-state index in [0.29, 0.717) is 17.0 Å².